The molecule has 1 atom stereocenters. The van der Waals surface area contributed by atoms with Crippen LogP contribution in [0.3, 0.4) is 0 Å². The van der Waals surface area contributed by atoms with Crippen molar-refractivity contribution in [2.45, 2.75) is 31.9 Å². The third kappa shape index (κ3) is 4.73. The summed E-state index contributed by atoms with van der Waals surface area (Å²) in [6.45, 7) is 6.53. The average Bonchev–Trinajstić information content (AvgIpc) is 3.33. The summed E-state index contributed by atoms with van der Waals surface area (Å²) in [5.41, 5.74) is 0.602. The molecular formula is C19H25N5O4. The van der Waals surface area contributed by atoms with E-state index in [2.05, 4.69) is 19.9 Å². The molecule has 28 heavy (non-hydrogen) atoms. The van der Waals surface area contributed by atoms with E-state index in [1.54, 1.807) is 12.1 Å². The van der Waals surface area contributed by atoms with Gasteiger partial charge in [-0.15, -0.1) is 0 Å². The molecule has 1 aromatic carbocycles. The Morgan fingerprint density at radius 3 is 2.86 bits per heavy atom. The zero-order valence-electron chi connectivity index (χ0n) is 15.8. The molecule has 0 bridgehead atoms. The molecule has 0 amide bonds. The fraction of sp³-hybridized carbons (Fsp3) is 0.579. The standard InChI is InChI=1S/C19H25N5O4/c25-24(26)16-5-1-4-15(12-16)19-20-18(28-21-19)14-23-8-3-7-22(9-10-23)13-17-6-2-11-27-17/h1,4-5,12,17H,2-3,6-11,13-14H2/t17-/m1/s1. The summed E-state index contributed by atoms with van der Waals surface area (Å²) in [5, 5.41) is 14.9. The summed E-state index contributed by atoms with van der Waals surface area (Å²) in [7, 11) is 0. The van der Waals surface area contributed by atoms with Crippen LogP contribution in [-0.2, 0) is 11.3 Å². The molecule has 3 heterocycles. The molecule has 150 valence electrons. The lowest BCUT2D eigenvalue weighted by molar-refractivity contribution is -0.384. The van der Waals surface area contributed by atoms with Gasteiger partial charge in [-0.2, -0.15) is 4.98 Å². The van der Waals surface area contributed by atoms with Crippen molar-refractivity contribution in [3.05, 3.63) is 40.3 Å². The van der Waals surface area contributed by atoms with E-state index in [9.17, 15) is 10.1 Å². The van der Waals surface area contributed by atoms with E-state index in [-0.39, 0.29) is 5.69 Å². The summed E-state index contributed by atoms with van der Waals surface area (Å²) in [5.74, 6) is 0.919. The molecule has 0 radical (unpaired) electrons. The first-order valence-corrected chi connectivity index (χ1v) is 9.81. The zero-order chi connectivity index (χ0) is 19.3. The molecule has 4 rings (SSSR count). The quantitative estimate of drug-likeness (QED) is 0.550. The van der Waals surface area contributed by atoms with Gasteiger partial charge in [-0.25, -0.2) is 0 Å². The highest BCUT2D eigenvalue weighted by Gasteiger charge is 2.22. The Bertz CT molecular complexity index is 805. The third-order valence-electron chi connectivity index (χ3n) is 5.31. The van der Waals surface area contributed by atoms with Gasteiger partial charge >= 0.3 is 0 Å². The van der Waals surface area contributed by atoms with E-state index in [4.69, 9.17) is 9.26 Å². The lowest BCUT2D eigenvalue weighted by atomic mass is 10.2. The smallest absolute Gasteiger partial charge is 0.270 e. The fourth-order valence-corrected chi connectivity index (χ4v) is 3.83. The highest BCUT2D eigenvalue weighted by atomic mass is 16.6. The zero-order valence-corrected chi connectivity index (χ0v) is 15.8. The number of nitro groups is 1. The second-order valence-corrected chi connectivity index (χ2v) is 7.38. The molecule has 9 heteroatoms. The Hall–Kier alpha value is -2.36. The van der Waals surface area contributed by atoms with E-state index in [0.29, 0.717) is 29.9 Å². The molecule has 0 N–H and O–H groups in total. The highest BCUT2D eigenvalue weighted by Crippen LogP contribution is 2.22. The Morgan fingerprint density at radius 2 is 2.04 bits per heavy atom. The molecule has 1 aromatic heterocycles. The maximum atomic E-state index is 10.9. The molecule has 2 fully saturated rings. The maximum Gasteiger partial charge on any atom is 0.270 e. The molecule has 0 aliphatic carbocycles. The Kier molecular flexibility index (Phi) is 5.94. The van der Waals surface area contributed by atoms with Gasteiger partial charge in [0.1, 0.15) is 0 Å². The summed E-state index contributed by atoms with van der Waals surface area (Å²) >= 11 is 0. The average molecular weight is 387 g/mol. The molecule has 2 aliphatic heterocycles. The number of non-ortho nitro benzene ring substituents is 1. The molecular weight excluding hydrogens is 362 g/mol. The number of nitro benzene ring substituents is 1. The van der Waals surface area contributed by atoms with Gasteiger partial charge in [-0.05, 0) is 32.4 Å². The largest absolute Gasteiger partial charge is 0.377 e. The molecule has 2 aromatic rings. The monoisotopic (exact) mass is 387 g/mol. The van der Waals surface area contributed by atoms with Crippen molar-refractivity contribution in [2.24, 2.45) is 0 Å². The predicted molar refractivity (Wildman–Crippen MR) is 102 cm³/mol. The SMILES string of the molecule is O=[N+]([O-])c1cccc(-c2noc(CN3CCCN(C[C@H]4CCCO4)CC3)n2)c1. The Labute approximate surface area is 163 Å². The fourth-order valence-electron chi connectivity index (χ4n) is 3.83. The summed E-state index contributed by atoms with van der Waals surface area (Å²) < 4.78 is 11.1. The molecule has 2 saturated heterocycles. The lowest BCUT2D eigenvalue weighted by Gasteiger charge is -2.23. The van der Waals surface area contributed by atoms with Crippen LogP contribution in [0.1, 0.15) is 25.2 Å². The van der Waals surface area contributed by atoms with Crippen molar-refractivity contribution in [1.82, 2.24) is 19.9 Å². The number of hydrogen-bond donors (Lipinski definition) is 0. The van der Waals surface area contributed by atoms with Crippen LogP contribution in [0, 0.1) is 10.1 Å². The number of aromatic nitrogens is 2. The minimum atomic E-state index is -0.426. The van der Waals surface area contributed by atoms with Gasteiger partial charge in [0.05, 0.1) is 17.6 Å². The minimum absolute atomic E-state index is 0.0164. The van der Waals surface area contributed by atoms with E-state index in [0.717, 1.165) is 45.8 Å². The van der Waals surface area contributed by atoms with Gasteiger partial charge < -0.3 is 9.26 Å². The highest BCUT2D eigenvalue weighted by molar-refractivity contribution is 5.58. The van der Waals surface area contributed by atoms with Gasteiger partial charge in [0.2, 0.25) is 11.7 Å². The van der Waals surface area contributed by atoms with Crippen molar-refractivity contribution in [2.75, 3.05) is 39.3 Å². The summed E-state index contributed by atoms with van der Waals surface area (Å²) in [6.07, 6.45) is 3.83. The second kappa shape index (κ2) is 8.76. The van der Waals surface area contributed by atoms with Crippen LogP contribution >= 0.6 is 0 Å². The van der Waals surface area contributed by atoms with Crippen molar-refractivity contribution < 1.29 is 14.2 Å². The van der Waals surface area contributed by atoms with Crippen LogP contribution in [0.2, 0.25) is 0 Å². The molecule has 0 spiro atoms. The Morgan fingerprint density at radius 1 is 1.18 bits per heavy atom. The van der Waals surface area contributed by atoms with Gasteiger partial charge in [-0.1, -0.05) is 17.3 Å². The van der Waals surface area contributed by atoms with Crippen LogP contribution in [-0.4, -0.2) is 70.3 Å². The topological polar surface area (TPSA) is 97.8 Å². The first kappa shape index (κ1) is 19.0. The van der Waals surface area contributed by atoms with Crippen LogP contribution in [0.25, 0.3) is 11.4 Å². The van der Waals surface area contributed by atoms with Gasteiger partial charge in [0.25, 0.3) is 5.69 Å². The van der Waals surface area contributed by atoms with Crippen molar-refractivity contribution in [1.29, 1.82) is 0 Å². The van der Waals surface area contributed by atoms with Gasteiger partial charge in [0.15, 0.2) is 0 Å². The first-order chi connectivity index (χ1) is 13.7. The molecule has 2 aliphatic rings. The second-order valence-electron chi connectivity index (χ2n) is 7.38. The molecule has 0 unspecified atom stereocenters. The number of nitrogens with zero attached hydrogens (tertiary/aromatic N) is 5. The number of hydrogen-bond acceptors (Lipinski definition) is 8. The van der Waals surface area contributed by atoms with Crippen molar-refractivity contribution in [3.8, 4) is 11.4 Å². The first-order valence-electron chi connectivity index (χ1n) is 9.81. The van der Waals surface area contributed by atoms with Crippen LogP contribution < -0.4 is 0 Å². The number of rotatable bonds is 6. The van der Waals surface area contributed by atoms with Crippen LogP contribution in [0.15, 0.2) is 28.8 Å². The van der Waals surface area contributed by atoms with Gasteiger partial charge in [0, 0.05) is 43.9 Å². The summed E-state index contributed by atoms with van der Waals surface area (Å²) in [4.78, 5) is 19.8. The molecule has 0 saturated carbocycles. The van der Waals surface area contributed by atoms with E-state index < -0.39 is 4.92 Å². The van der Waals surface area contributed by atoms with Crippen molar-refractivity contribution in [3.63, 3.8) is 0 Å². The third-order valence-corrected chi connectivity index (χ3v) is 5.31. The summed E-state index contributed by atoms with van der Waals surface area (Å²) in [6, 6.07) is 6.28. The van der Waals surface area contributed by atoms with E-state index in [1.165, 1.54) is 25.0 Å². The Balaban J connectivity index is 1.33. The molecule has 9 nitrogen and oxygen atoms in total. The van der Waals surface area contributed by atoms with Crippen molar-refractivity contribution >= 4 is 5.69 Å². The lowest BCUT2D eigenvalue weighted by Crippen LogP contribution is -2.35. The minimum Gasteiger partial charge on any atom is -0.377 e. The van der Waals surface area contributed by atoms with Gasteiger partial charge in [-0.3, -0.25) is 19.9 Å². The van der Waals surface area contributed by atoms with Crippen LogP contribution in [0.4, 0.5) is 5.69 Å². The predicted octanol–water partition coefficient (Wildman–Crippen LogP) is 2.33. The van der Waals surface area contributed by atoms with E-state index >= 15 is 0 Å². The van der Waals surface area contributed by atoms with Crippen LogP contribution in [0.5, 0.6) is 0 Å². The number of ether oxygens (including phenoxy) is 1. The van der Waals surface area contributed by atoms with E-state index in [1.807, 2.05) is 0 Å². The maximum absolute atomic E-state index is 10.9. The number of benzene rings is 1. The normalized spacial score (nSPS) is 21.6.